The van der Waals surface area contributed by atoms with Gasteiger partial charge in [0.25, 0.3) is 0 Å². The molecule has 0 bridgehead atoms. The Hall–Kier alpha value is -2.41. The van der Waals surface area contributed by atoms with E-state index in [2.05, 4.69) is 10.6 Å². The molecule has 0 fully saturated rings. The molecule has 0 aliphatic rings. The van der Waals surface area contributed by atoms with Crippen molar-refractivity contribution in [3.8, 4) is 0 Å². The first-order valence-electron chi connectivity index (χ1n) is 9.79. The molecule has 4 N–H and O–H groups in total. The number of rotatable bonds is 11. The Morgan fingerprint density at radius 1 is 1.00 bits per heavy atom. The molecule has 28 heavy (non-hydrogen) atoms. The molecule has 7 nitrogen and oxygen atoms in total. The third kappa shape index (κ3) is 8.52. The highest BCUT2D eigenvalue weighted by atomic mass is 16.5. The molecule has 7 heteroatoms. The average molecular weight is 392 g/mol. The lowest BCUT2D eigenvalue weighted by Crippen LogP contribution is -2.52. The predicted molar refractivity (Wildman–Crippen MR) is 107 cm³/mol. The molecule has 1 aromatic carbocycles. The van der Waals surface area contributed by atoms with Gasteiger partial charge in [-0.05, 0) is 30.2 Å². The molecule has 0 heterocycles. The van der Waals surface area contributed by atoms with Crippen LogP contribution in [-0.2, 0) is 20.8 Å². The van der Waals surface area contributed by atoms with Crippen LogP contribution in [0.15, 0.2) is 30.3 Å². The van der Waals surface area contributed by atoms with Crippen LogP contribution in [-0.4, -0.2) is 35.5 Å². The van der Waals surface area contributed by atoms with Crippen molar-refractivity contribution < 1.29 is 19.6 Å². The minimum absolute atomic E-state index is 0.105. The van der Waals surface area contributed by atoms with Gasteiger partial charge in [-0.3, -0.25) is 19.6 Å². The molecule has 156 valence electrons. The highest BCUT2D eigenvalue weighted by Gasteiger charge is 2.29. The van der Waals surface area contributed by atoms with Crippen LogP contribution < -0.4 is 16.1 Å². The Morgan fingerprint density at radius 2 is 1.64 bits per heavy atom. The van der Waals surface area contributed by atoms with E-state index in [1.807, 2.05) is 58.0 Å². The van der Waals surface area contributed by atoms with E-state index >= 15 is 0 Å². The van der Waals surface area contributed by atoms with Crippen LogP contribution in [0.4, 0.5) is 0 Å². The molecule has 1 rings (SSSR count). The van der Waals surface area contributed by atoms with Crippen LogP contribution in [0.1, 0.15) is 46.1 Å². The second kappa shape index (κ2) is 12.1. The van der Waals surface area contributed by atoms with Crippen molar-refractivity contribution in [2.24, 2.45) is 17.8 Å². The summed E-state index contributed by atoms with van der Waals surface area (Å²) >= 11 is 0. The molecule has 0 aromatic heterocycles. The first-order valence-corrected chi connectivity index (χ1v) is 9.79. The first-order chi connectivity index (χ1) is 13.2. The number of hydrogen-bond donors (Lipinski definition) is 4. The van der Waals surface area contributed by atoms with E-state index in [1.54, 1.807) is 5.48 Å². The van der Waals surface area contributed by atoms with Crippen molar-refractivity contribution in [2.75, 3.05) is 6.54 Å². The topological polar surface area (TPSA) is 108 Å². The third-order valence-electron chi connectivity index (χ3n) is 4.49. The van der Waals surface area contributed by atoms with Crippen molar-refractivity contribution in [3.05, 3.63) is 35.9 Å². The van der Waals surface area contributed by atoms with Crippen LogP contribution >= 0.6 is 0 Å². The van der Waals surface area contributed by atoms with E-state index in [0.717, 1.165) is 5.56 Å². The Balaban J connectivity index is 2.67. The highest BCUT2D eigenvalue weighted by molar-refractivity contribution is 5.90. The van der Waals surface area contributed by atoms with Gasteiger partial charge in [-0.2, -0.15) is 0 Å². The number of carbonyl (C=O) groups excluding carboxylic acids is 3. The maximum absolute atomic E-state index is 12.7. The van der Waals surface area contributed by atoms with E-state index in [-0.39, 0.29) is 30.1 Å². The SMILES string of the molecule is CC(C)CC(CC(=O)NO)C(=O)N[C@H](C(=O)NCCc1ccccc1)C(C)C. The summed E-state index contributed by atoms with van der Waals surface area (Å²) in [7, 11) is 0. The van der Waals surface area contributed by atoms with Crippen molar-refractivity contribution in [3.63, 3.8) is 0 Å². The molecule has 1 unspecified atom stereocenters. The van der Waals surface area contributed by atoms with Gasteiger partial charge in [-0.25, -0.2) is 5.48 Å². The van der Waals surface area contributed by atoms with Crippen LogP contribution in [0.5, 0.6) is 0 Å². The maximum Gasteiger partial charge on any atom is 0.244 e. The van der Waals surface area contributed by atoms with Gasteiger partial charge in [0.15, 0.2) is 0 Å². The van der Waals surface area contributed by atoms with E-state index in [4.69, 9.17) is 5.21 Å². The van der Waals surface area contributed by atoms with Gasteiger partial charge in [0.05, 0.1) is 0 Å². The summed E-state index contributed by atoms with van der Waals surface area (Å²) in [6.07, 6.45) is 1.07. The Labute approximate surface area is 167 Å². The zero-order valence-corrected chi connectivity index (χ0v) is 17.2. The van der Waals surface area contributed by atoms with Crippen molar-refractivity contribution in [1.29, 1.82) is 0 Å². The Kier molecular flexibility index (Phi) is 10.2. The predicted octanol–water partition coefficient (Wildman–Crippen LogP) is 2.04. The number of hydrogen-bond acceptors (Lipinski definition) is 4. The van der Waals surface area contributed by atoms with Crippen LogP contribution in [0, 0.1) is 17.8 Å². The van der Waals surface area contributed by atoms with Crippen LogP contribution in [0.25, 0.3) is 0 Å². The normalized spacial score (nSPS) is 13.1. The van der Waals surface area contributed by atoms with Gasteiger partial charge < -0.3 is 10.6 Å². The summed E-state index contributed by atoms with van der Waals surface area (Å²) in [6.45, 7) is 8.10. The number of amides is 3. The average Bonchev–Trinajstić information content (AvgIpc) is 2.65. The fourth-order valence-corrected chi connectivity index (χ4v) is 3.01. The number of carbonyl (C=O) groups is 3. The summed E-state index contributed by atoms with van der Waals surface area (Å²) in [5, 5.41) is 14.4. The number of benzene rings is 1. The lowest BCUT2D eigenvalue weighted by Gasteiger charge is -2.25. The fourth-order valence-electron chi connectivity index (χ4n) is 3.01. The zero-order chi connectivity index (χ0) is 21.1. The first kappa shape index (κ1) is 23.6. The van der Waals surface area contributed by atoms with Crippen molar-refractivity contribution >= 4 is 17.7 Å². The van der Waals surface area contributed by atoms with Gasteiger partial charge in [0, 0.05) is 18.9 Å². The molecular formula is C21H33N3O4. The summed E-state index contributed by atoms with van der Waals surface area (Å²) in [4.78, 5) is 36.8. The van der Waals surface area contributed by atoms with E-state index in [9.17, 15) is 14.4 Å². The van der Waals surface area contributed by atoms with Gasteiger partial charge in [-0.15, -0.1) is 0 Å². The third-order valence-corrected chi connectivity index (χ3v) is 4.49. The summed E-state index contributed by atoms with van der Waals surface area (Å²) in [5.74, 6) is -1.73. The molecule has 0 saturated heterocycles. The van der Waals surface area contributed by atoms with Gasteiger partial charge >= 0.3 is 0 Å². The lowest BCUT2D eigenvalue weighted by atomic mass is 9.92. The quantitative estimate of drug-likeness (QED) is 0.342. The van der Waals surface area contributed by atoms with Gasteiger partial charge in [-0.1, -0.05) is 58.0 Å². The standard InChI is InChI=1S/C21H33N3O4/c1-14(2)12-17(13-18(25)24-28)20(26)23-19(15(3)4)21(27)22-11-10-16-8-6-5-7-9-16/h5-9,14-15,17,19,28H,10-13H2,1-4H3,(H,22,27)(H,23,26)(H,24,25)/t17?,19-/m0/s1. The summed E-state index contributed by atoms with van der Waals surface area (Å²) in [6, 6.07) is 9.15. The second-order valence-corrected chi connectivity index (χ2v) is 7.82. The van der Waals surface area contributed by atoms with E-state index < -0.39 is 17.9 Å². The largest absolute Gasteiger partial charge is 0.354 e. The van der Waals surface area contributed by atoms with Gasteiger partial charge in [0.1, 0.15) is 6.04 Å². The molecule has 2 atom stereocenters. The molecule has 0 radical (unpaired) electrons. The summed E-state index contributed by atoms with van der Waals surface area (Å²) < 4.78 is 0. The molecule has 0 aliphatic carbocycles. The molecule has 0 spiro atoms. The molecule has 0 aliphatic heterocycles. The maximum atomic E-state index is 12.7. The monoisotopic (exact) mass is 391 g/mol. The molecule has 0 saturated carbocycles. The smallest absolute Gasteiger partial charge is 0.244 e. The second-order valence-electron chi connectivity index (χ2n) is 7.82. The van der Waals surface area contributed by atoms with Crippen LogP contribution in [0.2, 0.25) is 0 Å². The summed E-state index contributed by atoms with van der Waals surface area (Å²) in [5.41, 5.74) is 2.69. The molecule has 1 aromatic rings. The van der Waals surface area contributed by atoms with Crippen molar-refractivity contribution in [1.82, 2.24) is 16.1 Å². The van der Waals surface area contributed by atoms with Gasteiger partial charge in [0.2, 0.25) is 17.7 Å². The lowest BCUT2D eigenvalue weighted by molar-refractivity contribution is -0.137. The van der Waals surface area contributed by atoms with Crippen LogP contribution in [0.3, 0.4) is 0 Å². The van der Waals surface area contributed by atoms with E-state index in [0.29, 0.717) is 19.4 Å². The fraction of sp³-hybridized carbons (Fsp3) is 0.571. The van der Waals surface area contributed by atoms with E-state index in [1.165, 1.54) is 0 Å². The molecule has 3 amide bonds. The Bertz CT molecular complexity index is 632. The zero-order valence-electron chi connectivity index (χ0n) is 17.2. The Morgan fingerprint density at radius 3 is 2.18 bits per heavy atom. The highest BCUT2D eigenvalue weighted by Crippen LogP contribution is 2.17. The molecular weight excluding hydrogens is 358 g/mol. The minimum atomic E-state index is -0.685. The number of nitrogens with one attached hydrogen (secondary N) is 3. The van der Waals surface area contributed by atoms with Crippen molar-refractivity contribution in [2.45, 2.75) is 53.0 Å². The minimum Gasteiger partial charge on any atom is -0.354 e. The number of hydroxylamine groups is 1.